The van der Waals surface area contributed by atoms with Crippen LogP contribution in [0.5, 0.6) is 0 Å². The van der Waals surface area contributed by atoms with Gasteiger partial charge in [0.2, 0.25) is 5.91 Å². The third kappa shape index (κ3) is 4.09. The summed E-state index contributed by atoms with van der Waals surface area (Å²) >= 11 is 0. The second-order valence-corrected chi connectivity index (χ2v) is 8.46. The Labute approximate surface area is 181 Å². The predicted molar refractivity (Wildman–Crippen MR) is 117 cm³/mol. The molecule has 1 aromatic carbocycles. The van der Waals surface area contributed by atoms with Crippen LogP contribution >= 0.6 is 0 Å². The topological polar surface area (TPSA) is 116 Å². The zero-order valence-electron chi connectivity index (χ0n) is 18.3. The number of hydrogen-bond acceptors (Lipinski definition) is 6. The van der Waals surface area contributed by atoms with E-state index < -0.39 is 11.8 Å². The van der Waals surface area contributed by atoms with Crippen molar-refractivity contribution in [1.29, 1.82) is 0 Å². The first-order chi connectivity index (χ1) is 14.9. The summed E-state index contributed by atoms with van der Waals surface area (Å²) in [6, 6.07) is 6.38. The average Bonchev–Trinajstić information content (AvgIpc) is 3.30. The van der Waals surface area contributed by atoms with Crippen LogP contribution in [-0.2, 0) is 9.53 Å². The van der Waals surface area contributed by atoms with Gasteiger partial charge in [0.1, 0.15) is 11.6 Å². The molecular formula is C23H30N4O4. The Balaban J connectivity index is 1.82. The van der Waals surface area contributed by atoms with E-state index in [4.69, 9.17) is 20.0 Å². The van der Waals surface area contributed by atoms with Crippen LogP contribution in [0.25, 0.3) is 22.2 Å². The quantitative estimate of drug-likeness (QED) is 0.598. The summed E-state index contributed by atoms with van der Waals surface area (Å²) in [5.41, 5.74) is 10.1. The van der Waals surface area contributed by atoms with Crippen molar-refractivity contribution in [2.75, 3.05) is 13.7 Å². The van der Waals surface area contributed by atoms with Gasteiger partial charge in [-0.15, -0.1) is 0 Å². The average molecular weight is 427 g/mol. The fraction of sp³-hybridized carbons (Fsp3) is 0.522. The first-order valence-electron chi connectivity index (χ1n) is 10.8. The summed E-state index contributed by atoms with van der Waals surface area (Å²) in [5, 5.41) is 14.1. The predicted octanol–water partition coefficient (Wildman–Crippen LogP) is 3.39. The third-order valence-electron chi connectivity index (χ3n) is 6.41. The van der Waals surface area contributed by atoms with Crippen LogP contribution < -0.4 is 5.73 Å². The molecule has 0 radical (unpaired) electrons. The van der Waals surface area contributed by atoms with Crippen LogP contribution in [-0.4, -0.2) is 45.5 Å². The van der Waals surface area contributed by atoms with Crippen LogP contribution in [0.2, 0.25) is 0 Å². The van der Waals surface area contributed by atoms with Gasteiger partial charge in [0.25, 0.3) is 0 Å². The Kier molecular flexibility index (Phi) is 6.11. The number of nitrogens with two attached hydrogens (primary N) is 1. The molecule has 1 saturated carbocycles. The molecule has 0 aliphatic heterocycles. The number of imidazole rings is 1. The molecule has 4 rings (SSSR count). The van der Waals surface area contributed by atoms with Crippen molar-refractivity contribution in [1.82, 2.24) is 14.7 Å². The van der Waals surface area contributed by atoms with Gasteiger partial charge in [-0.05, 0) is 57.2 Å². The maximum Gasteiger partial charge on any atom is 0.218 e. The summed E-state index contributed by atoms with van der Waals surface area (Å²) in [7, 11) is 1.76. The Hall–Kier alpha value is -2.71. The molecule has 3 aromatic rings. The number of carbonyl (C=O) groups is 1. The van der Waals surface area contributed by atoms with E-state index in [-0.39, 0.29) is 25.2 Å². The number of carbonyl (C=O) groups excluding carboxylic acids is 1. The van der Waals surface area contributed by atoms with Gasteiger partial charge in [0.15, 0.2) is 0 Å². The van der Waals surface area contributed by atoms with E-state index in [0.29, 0.717) is 5.82 Å². The number of aryl methyl sites for hydroxylation is 2. The van der Waals surface area contributed by atoms with Gasteiger partial charge < -0.3 is 24.7 Å². The van der Waals surface area contributed by atoms with Gasteiger partial charge in [-0.2, -0.15) is 0 Å². The largest absolute Gasteiger partial charge is 0.396 e. The summed E-state index contributed by atoms with van der Waals surface area (Å²) in [6.07, 6.45) is 4.19. The first kappa shape index (κ1) is 21.5. The Morgan fingerprint density at radius 3 is 2.65 bits per heavy atom. The SMILES string of the molecule is COC1CCC(n2c([C@@H](CO)CC(N)=O)nc3cc(-c4c(C)noc4C)ccc32)CC1. The number of amides is 1. The van der Waals surface area contributed by atoms with Gasteiger partial charge in [-0.1, -0.05) is 11.2 Å². The smallest absolute Gasteiger partial charge is 0.218 e. The van der Waals surface area contributed by atoms with Crippen LogP contribution in [0.1, 0.15) is 61.3 Å². The molecule has 1 aliphatic carbocycles. The number of primary amides is 1. The summed E-state index contributed by atoms with van der Waals surface area (Å²) in [6.45, 7) is 3.63. The van der Waals surface area contributed by atoms with Crippen molar-refractivity contribution in [3.63, 3.8) is 0 Å². The monoisotopic (exact) mass is 426 g/mol. The van der Waals surface area contributed by atoms with Crippen LogP contribution in [0.3, 0.4) is 0 Å². The molecule has 1 fully saturated rings. The van der Waals surface area contributed by atoms with E-state index in [2.05, 4.69) is 21.9 Å². The zero-order valence-corrected chi connectivity index (χ0v) is 18.3. The lowest BCUT2D eigenvalue weighted by molar-refractivity contribution is -0.118. The second-order valence-electron chi connectivity index (χ2n) is 8.46. The molecule has 0 bridgehead atoms. The molecular weight excluding hydrogens is 396 g/mol. The minimum atomic E-state index is -0.447. The van der Waals surface area contributed by atoms with Crippen molar-refractivity contribution in [3.05, 3.63) is 35.5 Å². The van der Waals surface area contributed by atoms with Crippen molar-refractivity contribution < 1.29 is 19.2 Å². The summed E-state index contributed by atoms with van der Waals surface area (Å²) in [5.74, 6) is 0.592. The van der Waals surface area contributed by atoms with E-state index >= 15 is 0 Å². The fourth-order valence-electron chi connectivity index (χ4n) is 4.86. The van der Waals surface area contributed by atoms with Crippen molar-refractivity contribution >= 4 is 16.9 Å². The number of aromatic nitrogens is 3. The lowest BCUT2D eigenvalue weighted by Crippen LogP contribution is -2.26. The number of nitrogens with zero attached hydrogens (tertiary/aromatic N) is 3. The number of methoxy groups -OCH3 is 1. The van der Waals surface area contributed by atoms with Crippen molar-refractivity contribution in [2.24, 2.45) is 5.73 Å². The van der Waals surface area contributed by atoms with Gasteiger partial charge in [-0.3, -0.25) is 4.79 Å². The standard InChI is InChI=1S/C23H30N4O4/c1-13-22(14(2)31-26-13)15-4-9-20-19(10-15)25-23(16(12-28)11-21(24)29)27(20)17-5-7-18(30-3)8-6-17/h4,9-10,16-18,28H,5-8,11-12H2,1-3H3,(H2,24,29)/t16-,17?,18?/m1/s1. The Bertz CT molecular complexity index is 1060. The highest BCUT2D eigenvalue weighted by molar-refractivity contribution is 5.84. The summed E-state index contributed by atoms with van der Waals surface area (Å²) in [4.78, 5) is 16.5. The molecule has 0 spiro atoms. The zero-order chi connectivity index (χ0) is 22.1. The molecule has 166 valence electrons. The number of fused-ring (bicyclic) bond motifs is 1. The van der Waals surface area contributed by atoms with Crippen molar-refractivity contribution in [3.8, 4) is 11.1 Å². The number of rotatable bonds is 7. The number of hydrogen-bond donors (Lipinski definition) is 2. The van der Waals surface area contributed by atoms with Crippen LogP contribution in [0.4, 0.5) is 0 Å². The minimum Gasteiger partial charge on any atom is -0.396 e. The molecule has 2 heterocycles. The van der Waals surface area contributed by atoms with E-state index in [9.17, 15) is 9.90 Å². The molecule has 0 saturated heterocycles. The first-order valence-corrected chi connectivity index (χ1v) is 10.8. The summed E-state index contributed by atoms with van der Waals surface area (Å²) < 4.78 is 13.1. The number of aliphatic hydroxyl groups is 1. The number of aliphatic hydroxyl groups excluding tert-OH is 1. The normalized spacial score (nSPS) is 20.3. The van der Waals surface area contributed by atoms with Gasteiger partial charge in [-0.25, -0.2) is 4.98 Å². The molecule has 1 amide bonds. The maximum atomic E-state index is 11.7. The molecule has 31 heavy (non-hydrogen) atoms. The van der Waals surface area contributed by atoms with Crippen LogP contribution in [0.15, 0.2) is 22.7 Å². The van der Waals surface area contributed by atoms with Gasteiger partial charge >= 0.3 is 0 Å². The van der Waals surface area contributed by atoms with E-state index in [0.717, 1.165) is 59.3 Å². The molecule has 8 nitrogen and oxygen atoms in total. The Morgan fingerprint density at radius 2 is 2.06 bits per heavy atom. The van der Waals surface area contributed by atoms with E-state index in [1.165, 1.54) is 0 Å². The second kappa shape index (κ2) is 8.80. The van der Waals surface area contributed by atoms with E-state index in [1.807, 2.05) is 19.9 Å². The van der Waals surface area contributed by atoms with Gasteiger partial charge in [0.05, 0.1) is 29.4 Å². The fourth-order valence-corrected chi connectivity index (χ4v) is 4.86. The van der Waals surface area contributed by atoms with E-state index in [1.54, 1.807) is 7.11 Å². The molecule has 0 unspecified atom stereocenters. The Morgan fingerprint density at radius 1 is 1.32 bits per heavy atom. The number of ether oxygens (including phenoxy) is 1. The lowest BCUT2D eigenvalue weighted by Gasteiger charge is -2.31. The van der Waals surface area contributed by atoms with Gasteiger partial charge in [0, 0.05) is 31.1 Å². The molecule has 8 heteroatoms. The third-order valence-corrected chi connectivity index (χ3v) is 6.41. The molecule has 2 aromatic heterocycles. The highest BCUT2D eigenvalue weighted by Gasteiger charge is 2.29. The highest BCUT2D eigenvalue weighted by atomic mass is 16.5. The minimum absolute atomic E-state index is 0.0595. The number of benzene rings is 1. The molecule has 1 aliphatic rings. The maximum absolute atomic E-state index is 11.7. The molecule has 3 N–H and O–H groups in total. The van der Waals surface area contributed by atoms with Crippen LogP contribution in [0, 0.1) is 13.8 Å². The van der Waals surface area contributed by atoms with Crippen molar-refractivity contribution in [2.45, 2.75) is 64.0 Å². The lowest BCUT2D eigenvalue weighted by atomic mass is 9.92. The highest BCUT2D eigenvalue weighted by Crippen LogP contribution is 2.37. The molecule has 1 atom stereocenters.